The van der Waals surface area contributed by atoms with Crippen LogP contribution in [0.3, 0.4) is 0 Å². The Kier molecular flexibility index (Phi) is 7.45. The topological polar surface area (TPSA) is 168 Å². The summed E-state index contributed by atoms with van der Waals surface area (Å²) in [5, 5.41) is 39.3. The lowest BCUT2D eigenvalue weighted by Gasteiger charge is -2.38. The van der Waals surface area contributed by atoms with Crippen LogP contribution in [-0.4, -0.2) is 67.3 Å². The highest BCUT2D eigenvalue weighted by atomic mass is 32.1. The summed E-state index contributed by atoms with van der Waals surface area (Å²) in [6.07, 6.45) is 0.0611. The zero-order valence-electron chi connectivity index (χ0n) is 21.1. The van der Waals surface area contributed by atoms with Crippen molar-refractivity contribution in [2.45, 2.75) is 44.6 Å². The fraction of sp³-hybridized carbons (Fsp3) is 0.308. The molecule has 4 atom stereocenters. The van der Waals surface area contributed by atoms with Gasteiger partial charge in [-0.15, -0.1) is 16.4 Å². The number of nitriles is 1. The first-order valence-corrected chi connectivity index (χ1v) is 12.9. The first-order chi connectivity index (χ1) is 18.8. The molecule has 39 heavy (non-hydrogen) atoms. The van der Waals surface area contributed by atoms with Gasteiger partial charge in [0.1, 0.15) is 35.9 Å². The molecule has 1 fully saturated rings. The van der Waals surface area contributed by atoms with Gasteiger partial charge in [0.15, 0.2) is 5.84 Å². The van der Waals surface area contributed by atoms with Gasteiger partial charge in [-0.3, -0.25) is 0 Å². The van der Waals surface area contributed by atoms with Gasteiger partial charge in [-0.25, -0.2) is 24.0 Å². The molecule has 2 aromatic heterocycles. The Bertz CT molecular complexity index is 1600. The quantitative estimate of drug-likeness (QED) is 0.253. The van der Waals surface area contributed by atoms with E-state index in [0.29, 0.717) is 22.5 Å². The minimum Gasteiger partial charge on any atom is -0.394 e. The van der Waals surface area contributed by atoms with Gasteiger partial charge < -0.3 is 20.7 Å². The molecule has 11 nitrogen and oxygen atoms in total. The fourth-order valence-corrected chi connectivity index (χ4v) is 5.49. The number of thiazole rings is 1. The van der Waals surface area contributed by atoms with Crippen molar-refractivity contribution in [3.05, 3.63) is 58.5 Å². The predicted molar refractivity (Wildman–Crippen MR) is 144 cm³/mol. The third-order valence-corrected chi connectivity index (χ3v) is 7.45. The number of benzene rings is 2. The lowest BCUT2D eigenvalue weighted by atomic mass is 9.95. The number of aryl methyl sites for hydroxylation is 2. The highest BCUT2D eigenvalue weighted by Gasteiger charge is 2.41. The number of ether oxygens (including phenoxy) is 1. The second-order valence-corrected chi connectivity index (χ2v) is 10.4. The van der Waals surface area contributed by atoms with E-state index < -0.39 is 36.8 Å². The summed E-state index contributed by atoms with van der Waals surface area (Å²) in [5.74, 6) is -0.390. The van der Waals surface area contributed by atoms with E-state index in [1.54, 1.807) is 30.5 Å². The molecule has 0 radical (unpaired) electrons. The molecule has 200 valence electrons. The van der Waals surface area contributed by atoms with Crippen molar-refractivity contribution in [3.63, 3.8) is 0 Å². The molecule has 13 heteroatoms. The summed E-state index contributed by atoms with van der Waals surface area (Å²) in [6, 6.07) is 9.63. The van der Waals surface area contributed by atoms with Crippen molar-refractivity contribution in [2.24, 2.45) is 15.7 Å². The fourth-order valence-electron chi connectivity index (χ4n) is 4.63. The van der Waals surface area contributed by atoms with Gasteiger partial charge in [-0.2, -0.15) is 5.26 Å². The maximum atomic E-state index is 14.4. The van der Waals surface area contributed by atoms with Crippen LogP contribution in [0.2, 0.25) is 0 Å². The van der Waals surface area contributed by atoms with Crippen LogP contribution in [0.4, 0.5) is 10.1 Å². The monoisotopic (exact) mass is 548 g/mol. The summed E-state index contributed by atoms with van der Waals surface area (Å²) >= 11 is 1.55. The number of aromatic nitrogens is 4. The van der Waals surface area contributed by atoms with E-state index in [-0.39, 0.29) is 17.8 Å². The van der Waals surface area contributed by atoms with E-state index in [1.807, 2.05) is 31.2 Å². The van der Waals surface area contributed by atoms with Crippen LogP contribution in [0.5, 0.6) is 0 Å². The number of hydrogen-bond donors (Lipinski definition) is 3. The normalized spacial score (nSPS) is 22.0. The number of halogens is 1. The molecule has 1 aliphatic rings. The largest absolute Gasteiger partial charge is 0.394 e. The average Bonchev–Trinajstić information content (AvgIpc) is 3.54. The van der Waals surface area contributed by atoms with Gasteiger partial charge in [0, 0.05) is 12.0 Å². The number of aliphatic imine (C=N–C) groups is 2. The molecule has 0 saturated carbocycles. The number of aliphatic hydroxyl groups excluding tert-OH is 2. The van der Waals surface area contributed by atoms with Crippen molar-refractivity contribution in [1.29, 1.82) is 5.26 Å². The molecule has 0 spiro atoms. The van der Waals surface area contributed by atoms with E-state index >= 15 is 0 Å². The zero-order chi connectivity index (χ0) is 27.7. The van der Waals surface area contributed by atoms with Gasteiger partial charge in [-0.05, 0) is 49.7 Å². The number of nitrogens with zero attached hydrogens (tertiary/aromatic N) is 7. The van der Waals surface area contributed by atoms with Crippen LogP contribution < -0.4 is 5.73 Å². The lowest BCUT2D eigenvalue weighted by Crippen LogP contribution is -2.49. The Morgan fingerprint density at radius 2 is 2.18 bits per heavy atom. The number of fused-ring (bicyclic) bond motifs is 1. The third-order valence-electron chi connectivity index (χ3n) is 6.51. The number of amidine groups is 1. The van der Waals surface area contributed by atoms with Crippen molar-refractivity contribution in [1.82, 2.24) is 20.0 Å². The van der Waals surface area contributed by atoms with Crippen LogP contribution >= 0.6 is 11.3 Å². The predicted octanol–water partition coefficient (Wildman–Crippen LogP) is 2.95. The molecule has 5 rings (SSSR count). The first-order valence-electron chi connectivity index (χ1n) is 12.1. The van der Waals surface area contributed by atoms with E-state index in [0.717, 1.165) is 21.6 Å². The molecule has 4 N–H and O–H groups in total. The molecule has 0 aliphatic carbocycles. The molecule has 0 bridgehead atoms. The summed E-state index contributed by atoms with van der Waals surface area (Å²) in [6.45, 7) is 3.12. The van der Waals surface area contributed by atoms with Crippen LogP contribution in [0, 0.1) is 31.0 Å². The molecule has 4 unspecified atom stereocenters. The molecule has 3 heterocycles. The van der Waals surface area contributed by atoms with Crippen LogP contribution in [0.1, 0.15) is 28.6 Å². The molecule has 1 aliphatic heterocycles. The van der Waals surface area contributed by atoms with Crippen LogP contribution in [0.15, 0.2) is 46.5 Å². The first kappa shape index (κ1) is 26.5. The van der Waals surface area contributed by atoms with E-state index in [1.165, 1.54) is 10.7 Å². The summed E-state index contributed by atoms with van der Waals surface area (Å²) < 4.78 is 22.8. The summed E-state index contributed by atoms with van der Waals surface area (Å²) in [7, 11) is 0. The second kappa shape index (κ2) is 11.0. The molecule has 0 amide bonds. The Balaban J connectivity index is 1.47. The molecular formula is C26H25FN8O3S. The smallest absolute Gasteiger partial charge is 0.159 e. The summed E-state index contributed by atoms with van der Waals surface area (Å²) in [5.41, 5.74) is 8.36. The van der Waals surface area contributed by atoms with Crippen molar-refractivity contribution in [2.75, 3.05) is 6.61 Å². The third kappa shape index (κ3) is 5.27. The zero-order valence-corrected chi connectivity index (χ0v) is 21.9. The Morgan fingerprint density at radius 1 is 1.36 bits per heavy atom. The lowest BCUT2D eigenvalue weighted by molar-refractivity contribution is -0.137. The Labute approximate surface area is 226 Å². The minimum absolute atomic E-state index is 0.0310. The standard InChI is InChI=1S/C26H25FN8O3S/c1-13-5-15(6-18(27)17(13)9-28)20-10-35(34-33-20)21-8-22(38-23(11-36)25(21)37)26(30-12-29)32-16-3-4-19-24(7-16)39-14(2)31-19/h3-7,10,12,21-23,25,36-37H,8,11H2,1-2H3,(H2,29,30,32). The molecule has 1 saturated heterocycles. The number of hydrogen-bond acceptors (Lipinski definition) is 9. The van der Waals surface area contributed by atoms with Gasteiger partial charge in [0.05, 0.1) is 51.7 Å². The SMILES string of the molecule is Cc1nc2ccc(N=C(N=CN)C3CC(n4cc(-c5cc(C)c(C#N)c(F)c5)nn4)C(O)C(CO)O3)cc2s1. The Morgan fingerprint density at radius 3 is 2.90 bits per heavy atom. The van der Waals surface area contributed by atoms with Crippen LogP contribution in [0.25, 0.3) is 21.5 Å². The van der Waals surface area contributed by atoms with Crippen molar-refractivity contribution >= 4 is 39.4 Å². The van der Waals surface area contributed by atoms with E-state index in [4.69, 9.17) is 15.7 Å². The van der Waals surface area contributed by atoms with Crippen molar-refractivity contribution in [3.8, 4) is 17.3 Å². The van der Waals surface area contributed by atoms with Crippen molar-refractivity contribution < 1.29 is 19.3 Å². The Hall–Kier alpha value is -4.09. The van der Waals surface area contributed by atoms with E-state index in [9.17, 15) is 14.6 Å². The van der Waals surface area contributed by atoms with Gasteiger partial charge in [-0.1, -0.05) is 5.21 Å². The van der Waals surface area contributed by atoms with Crippen LogP contribution in [-0.2, 0) is 4.74 Å². The number of rotatable bonds is 5. The maximum Gasteiger partial charge on any atom is 0.159 e. The number of aliphatic hydroxyl groups is 2. The van der Waals surface area contributed by atoms with Gasteiger partial charge in [0.2, 0.25) is 0 Å². The number of nitrogens with two attached hydrogens (primary N) is 1. The maximum absolute atomic E-state index is 14.4. The average molecular weight is 549 g/mol. The summed E-state index contributed by atoms with van der Waals surface area (Å²) in [4.78, 5) is 13.3. The minimum atomic E-state index is -1.13. The molecule has 4 aromatic rings. The van der Waals surface area contributed by atoms with E-state index in [2.05, 4.69) is 25.3 Å². The molecule has 2 aromatic carbocycles. The highest BCUT2D eigenvalue weighted by Crippen LogP contribution is 2.33. The van der Waals surface area contributed by atoms with Gasteiger partial charge >= 0.3 is 0 Å². The second-order valence-electron chi connectivity index (χ2n) is 9.12. The van der Waals surface area contributed by atoms with Gasteiger partial charge in [0.25, 0.3) is 0 Å². The highest BCUT2D eigenvalue weighted by molar-refractivity contribution is 7.18. The molecular weight excluding hydrogens is 523 g/mol.